The quantitative estimate of drug-likeness (QED) is 0.766. The van der Waals surface area contributed by atoms with Crippen LogP contribution < -0.4 is 11.1 Å². The Morgan fingerprint density at radius 1 is 1.44 bits per heavy atom. The monoisotopic (exact) mass is 252 g/mol. The number of aliphatic hydroxyl groups is 1. The van der Waals surface area contributed by atoms with Crippen LogP contribution in [0.25, 0.3) is 0 Å². The predicted molar refractivity (Wildman–Crippen MR) is 73.7 cm³/mol. The van der Waals surface area contributed by atoms with Gasteiger partial charge < -0.3 is 16.2 Å². The molecule has 1 aliphatic rings. The normalized spacial score (nSPS) is 18.5. The summed E-state index contributed by atoms with van der Waals surface area (Å²) in [4.78, 5) is 0. The summed E-state index contributed by atoms with van der Waals surface area (Å²) in [6, 6.07) is 0.251. The fourth-order valence-electron chi connectivity index (χ4n) is 2.68. The van der Waals surface area contributed by atoms with Crippen molar-refractivity contribution in [3.63, 3.8) is 0 Å². The SMILES string of the molecule is Cc1nn(C(C)C)c(NC2(CO)CCCC2)c1N. The molecule has 0 unspecified atom stereocenters. The largest absolute Gasteiger partial charge is 0.394 e. The Labute approximate surface area is 108 Å². The number of aromatic nitrogens is 2. The van der Waals surface area contributed by atoms with E-state index >= 15 is 0 Å². The van der Waals surface area contributed by atoms with Gasteiger partial charge in [-0.15, -0.1) is 0 Å². The Hall–Kier alpha value is -1.23. The van der Waals surface area contributed by atoms with Crippen molar-refractivity contribution < 1.29 is 5.11 Å². The molecule has 18 heavy (non-hydrogen) atoms. The molecular formula is C13H24N4O. The summed E-state index contributed by atoms with van der Waals surface area (Å²) >= 11 is 0. The molecule has 1 heterocycles. The van der Waals surface area contributed by atoms with Gasteiger partial charge in [0.05, 0.1) is 23.5 Å². The van der Waals surface area contributed by atoms with Crippen LogP contribution in [-0.4, -0.2) is 27.0 Å². The molecule has 1 aliphatic carbocycles. The van der Waals surface area contributed by atoms with Crippen LogP contribution in [0.3, 0.4) is 0 Å². The molecule has 102 valence electrons. The zero-order valence-corrected chi connectivity index (χ0v) is 11.5. The first kappa shape index (κ1) is 13.2. The molecule has 4 N–H and O–H groups in total. The van der Waals surface area contributed by atoms with Crippen molar-refractivity contribution in [1.29, 1.82) is 0 Å². The van der Waals surface area contributed by atoms with Crippen molar-refractivity contribution in [2.45, 2.75) is 58.0 Å². The van der Waals surface area contributed by atoms with Gasteiger partial charge in [0.15, 0.2) is 0 Å². The van der Waals surface area contributed by atoms with Gasteiger partial charge in [0.25, 0.3) is 0 Å². The highest BCUT2D eigenvalue weighted by atomic mass is 16.3. The van der Waals surface area contributed by atoms with Crippen molar-refractivity contribution in [2.24, 2.45) is 0 Å². The number of rotatable bonds is 4. The van der Waals surface area contributed by atoms with Gasteiger partial charge in [0, 0.05) is 6.04 Å². The lowest BCUT2D eigenvalue weighted by Gasteiger charge is -2.30. The van der Waals surface area contributed by atoms with E-state index in [0.717, 1.165) is 37.2 Å². The average molecular weight is 252 g/mol. The third kappa shape index (κ3) is 2.19. The molecule has 0 bridgehead atoms. The highest BCUT2D eigenvalue weighted by molar-refractivity contribution is 5.66. The summed E-state index contributed by atoms with van der Waals surface area (Å²) in [5, 5.41) is 17.6. The van der Waals surface area contributed by atoms with Crippen LogP contribution in [0, 0.1) is 6.92 Å². The van der Waals surface area contributed by atoms with Gasteiger partial charge in [0.1, 0.15) is 5.82 Å². The highest BCUT2D eigenvalue weighted by Gasteiger charge is 2.35. The van der Waals surface area contributed by atoms with Crippen molar-refractivity contribution in [1.82, 2.24) is 9.78 Å². The smallest absolute Gasteiger partial charge is 0.148 e. The van der Waals surface area contributed by atoms with Crippen molar-refractivity contribution in [3.05, 3.63) is 5.69 Å². The summed E-state index contributed by atoms with van der Waals surface area (Å²) in [5.41, 5.74) is 7.43. The lowest BCUT2D eigenvalue weighted by Crippen LogP contribution is -2.40. The second-order valence-corrected chi connectivity index (χ2v) is 5.66. The summed E-state index contributed by atoms with van der Waals surface area (Å²) in [6.07, 6.45) is 4.29. The molecule has 0 saturated heterocycles. The van der Waals surface area contributed by atoms with Crippen molar-refractivity contribution >= 4 is 11.5 Å². The van der Waals surface area contributed by atoms with E-state index in [0.29, 0.717) is 5.69 Å². The summed E-state index contributed by atoms with van der Waals surface area (Å²) in [5.74, 6) is 0.860. The van der Waals surface area contributed by atoms with Crippen LogP contribution >= 0.6 is 0 Å². The molecule has 0 radical (unpaired) electrons. The first-order valence-electron chi connectivity index (χ1n) is 6.73. The predicted octanol–water partition coefficient (Wildman–Crippen LogP) is 2.07. The van der Waals surface area contributed by atoms with Crippen LogP contribution in [0.15, 0.2) is 0 Å². The molecule has 1 aromatic rings. The molecule has 0 atom stereocenters. The Balaban J connectivity index is 2.32. The molecule has 0 aromatic carbocycles. The highest BCUT2D eigenvalue weighted by Crippen LogP contribution is 2.36. The Kier molecular flexibility index (Phi) is 3.52. The third-order valence-corrected chi connectivity index (χ3v) is 3.87. The van der Waals surface area contributed by atoms with Crippen LogP contribution in [0.4, 0.5) is 11.5 Å². The Bertz CT molecular complexity index is 419. The lowest BCUT2D eigenvalue weighted by molar-refractivity contribution is 0.213. The maximum atomic E-state index is 9.67. The van der Waals surface area contributed by atoms with E-state index in [1.54, 1.807) is 0 Å². The first-order valence-corrected chi connectivity index (χ1v) is 6.73. The second-order valence-electron chi connectivity index (χ2n) is 5.66. The van der Waals surface area contributed by atoms with E-state index in [1.165, 1.54) is 0 Å². The van der Waals surface area contributed by atoms with Crippen molar-refractivity contribution in [2.75, 3.05) is 17.7 Å². The van der Waals surface area contributed by atoms with Gasteiger partial charge in [-0.25, -0.2) is 4.68 Å². The number of nitrogens with two attached hydrogens (primary N) is 1. The van der Waals surface area contributed by atoms with Gasteiger partial charge in [-0.1, -0.05) is 12.8 Å². The minimum atomic E-state index is -0.215. The Morgan fingerprint density at radius 3 is 2.56 bits per heavy atom. The average Bonchev–Trinajstić information content (AvgIpc) is 2.90. The molecule has 0 aliphatic heterocycles. The van der Waals surface area contributed by atoms with Crippen molar-refractivity contribution in [3.8, 4) is 0 Å². The van der Waals surface area contributed by atoms with Gasteiger partial charge >= 0.3 is 0 Å². The number of hydrogen-bond acceptors (Lipinski definition) is 4. The molecule has 1 saturated carbocycles. The van der Waals surface area contributed by atoms with Crippen LogP contribution in [-0.2, 0) is 0 Å². The van der Waals surface area contributed by atoms with Gasteiger partial charge in [-0.3, -0.25) is 0 Å². The maximum Gasteiger partial charge on any atom is 0.148 e. The summed E-state index contributed by atoms with van der Waals surface area (Å²) < 4.78 is 1.92. The van der Waals surface area contributed by atoms with Crippen LogP contribution in [0.5, 0.6) is 0 Å². The van der Waals surface area contributed by atoms with Gasteiger partial charge in [0.2, 0.25) is 0 Å². The fourth-order valence-corrected chi connectivity index (χ4v) is 2.68. The molecule has 0 amide bonds. The van der Waals surface area contributed by atoms with Gasteiger partial charge in [-0.05, 0) is 33.6 Å². The molecule has 1 aromatic heterocycles. The lowest BCUT2D eigenvalue weighted by atomic mass is 9.99. The molecule has 5 nitrogen and oxygen atoms in total. The van der Waals surface area contributed by atoms with E-state index in [2.05, 4.69) is 24.3 Å². The van der Waals surface area contributed by atoms with Crippen LogP contribution in [0.1, 0.15) is 51.3 Å². The number of aryl methyl sites for hydroxylation is 1. The van der Waals surface area contributed by atoms with E-state index in [4.69, 9.17) is 5.73 Å². The zero-order valence-electron chi connectivity index (χ0n) is 11.5. The molecule has 2 rings (SSSR count). The zero-order chi connectivity index (χ0) is 13.3. The van der Waals surface area contributed by atoms with E-state index in [-0.39, 0.29) is 18.2 Å². The summed E-state index contributed by atoms with van der Waals surface area (Å²) in [7, 11) is 0. The molecular weight excluding hydrogens is 228 g/mol. The second kappa shape index (κ2) is 4.80. The van der Waals surface area contributed by atoms with Crippen LogP contribution in [0.2, 0.25) is 0 Å². The minimum Gasteiger partial charge on any atom is -0.394 e. The third-order valence-electron chi connectivity index (χ3n) is 3.87. The number of nitrogen functional groups attached to an aromatic ring is 1. The Morgan fingerprint density at radius 2 is 2.06 bits per heavy atom. The van der Waals surface area contributed by atoms with E-state index in [1.807, 2.05) is 11.6 Å². The number of aliphatic hydroxyl groups excluding tert-OH is 1. The van der Waals surface area contributed by atoms with E-state index in [9.17, 15) is 5.11 Å². The number of nitrogens with one attached hydrogen (secondary N) is 1. The molecule has 5 heteroatoms. The minimum absolute atomic E-state index is 0.148. The molecule has 1 fully saturated rings. The topological polar surface area (TPSA) is 76.1 Å². The van der Waals surface area contributed by atoms with E-state index < -0.39 is 0 Å². The number of nitrogens with zero attached hydrogens (tertiary/aromatic N) is 2. The first-order chi connectivity index (χ1) is 8.49. The summed E-state index contributed by atoms with van der Waals surface area (Å²) in [6.45, 7) is 6.23. The number of anilines is 2. The maximum absolute atomic E-state index is 9.67. The molecule has 0 spiro atoms. The standard InChI is InChI=1S/C13H24N4O/c1-9(2)17-12(11(14)10(3)16-17)15-13(8-18)6-4-5-7-13/h9,15,18H,4-8,14H2,1-3H3. The fraction of sp³-hybridized carbons (Fsp3) is 0.769. The number of hydrogen-bond donors (Lipinski definition) is 3. The van der Waals surface area contributed by atoms with Gasteiger partial charge in [-0.2, -0.15) is 5.10 Å².